The van der Waals surface area contributed by atoms with Crippen molar-refractivity contribution < 1.29 is 13.9 Å². The highest BCUT2D eigenvalue weighted by Crippen LogP contribution is 2.02. The Morgan fingerprint density at radius 1 is 1.77 bits per heavy atom. The molecular weight excluding hydrogens is 196 g/mol. The molecule has 0 fully saturated rings. The predicted molar refractivity (Wildman–Crippen MR) is 47.6 cm³/mol. The first-order chi connectivity index (χ1) is 5.77. The van der Waals surface area contributed by atoms with Crippen LogP contribution >= 0.6 is 12.4 Å². The molecule has 0 saturated carbocycles. The number of nitrogens with zero attached hydrogens (tertiary/aromatic N) is 1. The molecule has 13 heavy (non-hydrogen) atoms. The molecule has 6 heteroatoms. The summed E-state index contributed by atoms with van der Waals surface area (Å²) in [7, 11) is 0. The Kier molecular flexibility index (Phi) is 5.10. The quantitative estimate of drug-likeness (QED) is 0.738. The van der Waals surface area contributed by atoms with Crippen LogP contribution in [-0.2, 0) is 11.3 Å². The summed E-state index contributed by atoms with van der Waals surface area (Å²) in [5.74, 6) is -0.154. The van der Waals surface area contributed by atoms with Crippen LogP contribution in [0.25, 0.3) is 0 Å². The zero-order chi connectivity index (χ0) is 8.97. The Morgan fingerprint density at radius 2 is 2.46 bits per heavy atom. The van der Waals surface area contributed by atoms with E-state index in [4.69, 9.17) is 10.2 Å². The van der Waals surface area contributed by atoms with Gasteiger partial charge >= 0.3 is 5.97 Å². The van der Waals surface area contributed by atoms with Gasteiger partial charge in [0.05, 0.1) is 13.2 Å². The number of esters is 1. The number of rotatable bonds is 3. The number of aromatic nitrogens is 1. The van der Waals surface area contributed by atoms with E-state index >= 15 is 0 Å². The molecule has 0 amide bonds. The molecule has 1 aromatic heterocycles. The van der Waals surface area contributed by atoms with E-state index in [1.165, 1.54) is 6.26 Å². The molecule has 0 aromatic carbocycles. The van der Waals surface area contributed by atoms with Crippen molar-refractivity contribution in [2.24, 2.45) is 5.73 Å². The van der Waals surface area contributed by atoms with E-state index in [0.29, 0.717) is 12.5 Å². The van der Waals surface area contributed by atoms with E-state index in [-0.39, 0.29) is 24.6 Å². The second-order valence-electron chi connectivity index (χ2n) is 2.05. The van der Waals surface area contributed by atoms with E-state index in [1.807, 2.05) is 0 Å². The summed E-state index contributed by atoms with van der Waals surface area (Å²) in [6.07, 6.45) is 1.24. The van der Waals surface area contributed by atoms with Crippen molar-refractivity contribution in [3.8, 4) is 0 Å². The van der Waals surface area contributed by atoms with Gasteiger partial charge in [0.15, 0.2) is 5.69 Å². The van der Waals surface area contributed by atoms with Crippen molar-refractivity contribution in [1.82, 2.24) is 4.98 Å². The van der Waals surface area contributed by atoms with Crippen LogP contribution in [0.15, 0.2) is 10.7 Å². The molecular formula is C7H11ClN2O3. The molecule has 1 heterocycles. The number of oxazole rings is 1. The van der Waals surface area contributed by atoms with Crippen LogP contribution in [-0.4, -0.2) is 17.6 Å². The lowest BCUT2D eigenvalue weighted by atomic mass is 10.5. The molecule has 1 aromatic rings. The van der Waals surface area contributed by atoms with Crippen LogP contribution in [0.2, 0.25) is 0 Å². The first kappa shape index (κ1) is 11.9. The molecule has 2 N–H and O–H groups in total. The number of ether oxygens (including phenoxy) is 1. The van der Waals surface area contributed by atoms with Gasteiger partial charge in [0, 0.05) is 0 Å². The van der Waals surface area contributed by atoms with Crippen LogP contribution in [0.5, 0.6) is 0 Å². The molecule has 0 unspecified atom stereocenters. The van der Waals surface area contributed by atoms with Crippen LogP contribution in [0, 0.1) is 0 Å². The van der Waals surface area contributed by atoms with Gasteiger partial charge in [-0.25, -0.2) is 9.78 Å². The van der Waals surface area contributed by atoms with Gasteiger partial charge in [0.25, 0.3) is 0 Å². The van der Waals surface area contributed by atoms with Gasteiger partial charge in [0.1, 0.15) is 6.26 Å². The fourth-order valence-corrected chi connectivity index (χ4v) is 0.703. The van der Waals surface area contributed by atoms with Gasteiger partial charge in [0.2, 0.25) is 5.89 Å². The summed E-state index contributed by atoms with van der Waals surface area (Å²) in [5.41, 5.74) is 5.39. The number of carbonyl (C=O) groups is 1. The first-order valence-electron chi connectivity index (χ1n) is 3.59. The molecule has 0 bridgehead atoms. The molecule has 1 rings (SSSR count). The van der Waals surface area contributed by atoms with Crippen LogP contribution in [0.3, 0.4) is 0 Å². The summed E-state index contributed by atoms with van der Waals surface area (Å²) >= 11 is 0. The minimum absolute atomic E-state index is 0. The number of carbonyl (C=O) groups excluding carboxylic acids is 1. The Hall–Kier alpha value is -1.07. The molecule has 0 aliphatic heterocycles. The SMILES string of the molecule is CCOC(=O)c1coc(CN)n1.Cl. The molecule has 5 nitrogen and oxygen atoms in total. The fraction of sp³-hybridized carbons (Fsp3) is 0.429. The minimum Gasteiger partial charge on any atom is -0.461 e. The zero-order valence-corrected chi connectivity index (χ0v) is 7.97. The number of hydrogen-bond acceptors (Lipinski definition) is 5. The average Bonchev–Trinajstić information content (AvgIpc) is 2.52. The Morgan fingerprint density at radius 3 is 2.92 bits per heavy atom. The summed E-state index contributed by atoms with van der Waals surface area (Å²) in [5, 5.41) is 0. The second kappa shape index (κ2) is 5.55. The summed E-state index contributed by atoms with van der Waals surface area (Å²) in [6.45, 7) is 2.23. The first-order valence-corrected chi connectivity index (χ1v) is 3.59. The van der Waals surface area contributed by atoms with Gasteiger partial charge in [-0.05, 0) is 6.92 Å². The molecule has 0 aliphatic carbocycles. The Balaban J connectivity index is 0.00000144. The number of nitrogens with two attached hydrogens (primary N) is 1. The molecule has 0 atom stereocenters. The normalized spacial score (nSPS) is 9.08. The van der Waals surface area contributed by atoms with Crippen LogP contribution in [0.4, 0.5) is 0 Å². The zero-order valence-electron chi connectivity index (χ0n) is 7.15. The molecule has 74 valence electrons. The lowest BCUT2D eigenvalue weighted by Gasteiger charge is -1.94. The molecule has 0 spiro atoms. The van der Waals surface area contributed by atoms with Crippen molar-refractivity contribution >= 4 is 18.4 Å². The topological polar surface area (TPSA) is 78.3 Å². The third-order valence-electron chi connectivity index (χ3n) is 1.21. The van der Waals surface area contributed by atoms with E-state index in [9.17, 15) is 4.79 Å². The van der Waals surface area contributed by atoms with E-state index < -0.39 is 5.97 Å². The fourth-order valence-electron chi connectivity index (χ4n) is 0.703. The Labute approximate surface area is 81.7 Å². The van der Waals surface area contributed by atoms with Crippen molar-refractivity contribution in [3.63, 3.8) is 0 Å². The van der Waals surface area contributed by atoms with Crippen molar-refractivity contribution in [2.45, 2.75) is 13.5 Å². The maximum atomic E-state index is 11.0. The van der Waals surface area contributed by atoms with Crippen molar-refractivity contribution in [3.05, 3.63) is 17.8 Å². The average molecular weight is 207 g/mol. The van der Waals surface area contributed by atoms with E-state index in [2.05, 4.69) is 9.72 Å². The van der Waals surface area contributed by atoms with Crippen LogP contribution < -0.4 is 5.73 Å². The van der Waals surface area contributed by atoms with Gasteiger partial charge in [-0.1, -0.05) is 0 Å². The van der Waals surface area contributed by atoms with Crippen molar-refractivity contribution in [1.29, 1.82) is 0 Å². The summed E-state index contributed by atoms with van der Waals surface area (Å²) in [4.78, 5) is 14.8. The molecule has 0 radical (unpaired) electrons. The van der Waals surface area contributed by atoms with Crippen LogP contribution in [0.1, 0.15) is 23.3 Å². The predicted octanol–water partition coefficient (Wildman–Crippen LogP) is 0.732. The van der Waals surface area contributed by atoms with Gasteiger partial charge in [-0.15, -0.1) is 12.4 Å². The van der Waals surface area contributed by atoms with Crippen molar-refractivity contribution in [2.75, 3.05) is 6.61 Å². The minimum atomic E-state index is -0.485. The summed E-state index contributed by atoms with van der Waals surface area (Å²) in [6, 6.07) is 0. The van der Waals surface area contributed by atoms with Gasteiger partial charge < -0.3 is 14.9 Å². The molecule has 0 saturated heterocycles. The highest BCUT2D eigenvalue weighted by atomic mass is 35.5. The van der Waals surface area contributed by atoms with Gasteiger partial charge in [-0.2, -0.15) is 0 Å². The lowest BCUT2D eigenvalue weighted by molar-refractivity contribution is 0.0519. The largest absolute Gasteiger partial charge is 0.461 e. The smallest absolute Gasteiger partial charge is 0.360 e. The highest BCUT2D eigenvalue weighted by molar-refractivity contribution is 5.86. The van der Waals surface area contributed by atoms with Gasteiger partial charge in [-0.3, -0.25) is 0 Å². The second-order valence-corrected chi connectivity index (χ2v) is 2.05. The van der Waals surface area contributed by atoms with E-state index in [1.54, 1.807) is 6.92 Å². The summed E-state index contributed by atoms with van der Waals surface area (Å²) < 4.78 is 9.53. The monoisotopic (exact) mass is 206 g/mol. The third kappa shape index (κ3) is 3.04. The lowest BCUT2D eigenvalue weighted by Crippen LogP contribution is -2.05. The maximum absolute atomic E-state index is 11.0. The number of hydrogen-bond donors (Lipinski definition) is 1. The Bertz CT molecular complexity index is 274. The maximum Gasteiger partial charge on any atom is 0.360 e. The van der Waals surface area contributed by atoms with E-state index in [0.717, 1.165) is 0 Å². The standard InChI is InChI=1S/C7H10N2O3.ClH/c1-2-11-7(10)5-4-12-6(3-8)9-5;/h4H,2-3,8H2,1H3;1H. The molecule has 0 aliphatic rings. The number of halogens is 1. The highest BCUT2D eigenvalue weighted by Gasteiger charge is 2.11. The third-order valence-corrected chi connectivity index (χ3v) is 1.21.